The SMILES string of the molecule is COc1cccc(NC(=O)c2ccc(C(=O)N(C)CCc3ccncc3)cc2)c1. The summed E-state index contributed by atoms with van der Waals surface area (Å²) in [5.41, 5.74) is 2.79. The average Bonchev–Trinajstić information content (AvgIpc) is 2.78. The van der Waals surface area contributed by atoms with E-state index in [4.69, 9.17) is 4.74 Å². The monoisotopic (exact) mass is 389 g/mol. The summed E-state index contributed by atoms with van der Waals surface area (Å²) in [5.74, 6) is 0.334. The number of rotatable bonds is 7. The van der Waals surface area contributed by atoms with Crippen molar-refractivity contribution in [3.05, 3.63) is 89.7 Å². The molecule has 0 bridgehead atoms. The van der Waals surface area contributed by atoms with Crippen LogP contribution in [0.3, 0.4) is 0 Å². The number of methoxy groups -OCH3 is 1. The Morgan fingerprint density at radius 3 is 2.38 bits per heavy atom. The van der Waals surface area contributed by atoms with Gasteiger partial charge in [-0.3, -0.25) is 14.6 Å². The van der Waals surface area contributed by atoms with Crippen molar-refractivity contribution < 1.29 is 14.3 Å². The second-order valence-corrected chi connectivity index (χ2v) is 6.60. The predicted octanol–water partition coefficient (Wildman–Crippen LogP) is 3.66. The summed E-state index contributed by atoms with van der Waals surface area (Å²) in [6.45, 7) is 0.598. The number of anilines is 1. The molecule has 6 nitrogen and oxygen atoms in total. The lowest BCUT2D eigenvalue weighted by molar-refractivity contribution is 0.0796. The molecule has 0 saturated carbocycles. The third kappa shape index (κ3) is 5.42. The Labute approximate surface area is 170 Å². The normalized spacial score (nSPS) is 10.3. The van der Waals surface area contributed by atoms with E-state index in [0.717, 1.165) is 12.0 Å². The molecule has 6 heteroatoms. The van der Waals surface area contributed by atoms with Crippen LogP contribution in [0.1, 0.15) is 26.3 Å². The first-order valence-corrected chi connectivity index (χ1v) is 9.26. The van der Waals surface area contributed by atoms with Gasteiger partial charge < -0.3 is 15.0 Å². The van der Waals surface area contributed by atoms with E-state index >= 15 is 0 Å². The van der Waals surface area contributed by atoms with Crippen LogP contribution in [0.25, 0.3) is 0 Å². The van der Waals surface area contributed by atoms with Gasteiger partial charge in [-0.1, -0.05) is 6.07 Å². The molecule has 0 radical (unpaired) electrons. The third-order valence-electron chi connectivity index (χ3n) is 4.55. The van der Waals surface area contributed by atoms with E-state index in [0.29, 0.717) is 29.1 Å². The van der Waals surface area contributed by atoms with Crippen LogP contribution in [-0.4, -0.2) is 42.4 Å². The minimum atomic E-state index is -0.247. The Balaban J connectivity index is 1.59. The number of likely N-dealkylation sites (N-methyl/N-ethyl adjacent to an activating group) is 1. The highest BCUT2D eigenvalue weighted by molar-refractivity contribution is 6.05. The number of nitrogens with one attached hydrogen (secondary N) is 1. The lowest BCUT2D eigenvalue weighted by atomic mass is 10.1. The van der Waals surface area contributed by atoms with Gasteiger partial charge in [0.1, 0.15) is 5.75 Å². The smallest absolute Gasteiger partial charge is 0.255 e. The fourth-order valence-corrected chi connectivity index (χ4v) is 2.84. The van der Waals surface area contributed by atoms with E-state index in [9.17, 15) is 9.59 Å². The molecule has 0 unspecified atom stereocenters. The van der Waals surface area contributed by atoms with Crippen molar-refractivity contribution in [3.8, 4) is 5.75 Å². The summed E-state index contributed by atoms with van der Waals surface area (Å²) < 4.78 is 5.16. The quantitative estimate of drug-likeness (QED) is 0.669. The van der Waals surface area contributed by atoms with Gasteiger partial charge in [-0.25, -0.2) is 0 Å². The molecule has 2 amide bonds. The Morgan fingerprint density at radius 2 is 1.69 bits per heavy atom. The van der Waals surface area contributed by atoms with Crippen LogP contribution >= 0.6 is 0 Å². The Bertz CT molecular complexity index is 972. The first-order chi connectivity index (χ1) is 14.1. The molecule has 148 valence electrons. The van der Waals surface area contributed by atoms with Crippen LogP contribution in [0.5, 0.6) is 5.75 Å². The van der Waals surface area contributed by atoms with Crippen molar-refractivity contribution in [1.82, 2.24) is 9.88 Å². The number of ether oxygens (including phenoxy) is 1. The molecule has 0 aliphatic carbocycles. The Hall–Kier alpha value is -3.67. The van der Waals surface area contributed by atoms with Crippen molar-refractivity contribution in [1.29, 1.82) is 0 Å². The van der Waals surface area contributed by atoms with Gasteiger partial charge in [0.15, 0.2) is 0 Å². The summed E-state index contributed by atoms with van der Waals surface area (Å²) >= 11 is 0. The largest absolute Gasteiger partial charge is 0.497 e. The lowest BCUT2D eigenvalue weighted by Crippen LogP contribution is -2.28. The number of carbonyl (C=O) groups excluding carboxylic acids is 2. The standard InChI is InChI=1S/C23H23N3O3/c1-26(15-12-17-10-13-24-14-11-17)23(28)19-8-6-18(7-9-19)22(27)25-20-4-3-5-21(16-20)29-2/h3-11,13-14,16H,12,15H2,1-2H3,(H,25,27). The van der Waals surface area contributed by atoms with Crippen molar-refractivity contribution >= 4 is 17.5 Å². The van der Waals surface area contributed by atoms with Crippen molar-refractivity contribution in [2.45, 2.75) is 6.42 Å². The van der Waals surface area contributed by atoms with Gasteiger partial charge in [-0.15, -0.1) is 0 Å². The maximum atomic E-state index is 12.6. The molecule has 0 aliphatic heterocycles. The molecule has 29 heavy (non-hydrogen) atoms. The maximum Gasteiger partial charge on any atom is 0.255 e. The second kappa shape index (κ2) is 9.50. The zero-order valence-corrected chi connectivity index (χ0v) is 16.5. The summed E-state index contributed by atoms with van der Waals surface area (Å²) in [7, 11) is 3.34. The van der Waals surface area contributed by atoms with Crippen LogP contribution in [0, 0.1) is 0 Å². The zero-order chi connectivity index (χ0) is 20.6. The molecule has 3 aromatic rings. The summed E-state index contributed by atoms with van der Waals surface area (Å²) in [5, 5.41) is 2.82. The van der Waals surface area contributed by atoms with Gasteiger partial charge in [0.25, 0.3) is 11.8 Å². The van der Waals surface area contributed by atoms with E-state index in [-0.39, 0.29) is 11.8 Å². The average molecular weight is 389 g/mol. The van der Waals surface area contributed by atoms with Gasteiger partial charge in [0.05, 0.1) is 7.11 Å². The number of hydrogen-bond donors (Lipinski definition) is 1. The van der Waals surface area contributed by atoms with Crippen LogP contribution in [0.15, 0.2) is 73.1 Å². The number of amides is 2. The minimum absolute atomic E-state index is 0.0844. The van der Waals surface area contributed by atoms with Crippen LogP contribution in [0.4, 0.5) is 5.69 Å². The minimum Gasteiger partial charge on any atom is -0.497 e. The third-order valence-corrected chi connectivity index (χ3v) is 4.55. The number of benzene rings is 2. The van der Waals surface area contributed by atoms with E-state index in [1.807, 2.05) is 12.1 Å². The molecule has 2 aromatic carbocycles. The van der Waals surface area contributed by atoms with Gasteiger partial charge in [0, 0.05) is 48.9 Å². The van der Waals surface area contributed by atoms with E-state index in [1.165, 1.54) is 0 Å². The van der Waals surface area contributed by atoms with Crippen molar-refractivity contribution in [2.24, 2.45) is 0 Å². The molecule has 0 spiro atoms. The van der Waals surface area contributed by atoms with Crippen LogP contribution < -0.4 is 10.1 Å². The predicted molar refractivity (Wildman–Crippen MR) is 112 cm³/mol. The van der Waals surface area contributed by atoms with Gasteiger partial charge in [-0.05, 0) is 60.5 Å². The highest BCUT2D eigenvalue weighted by Gasteiger charge is 2.13. The van der Waals surface area contributed by atoms with Gasteiger partial charge in [0.2, 0.25) is 0 Å². The molecule has 0 saturated heterocycles. The molecule has 0 fully saturated rings. The molecule has 3 rings (SSSR count). The first kappa shape index (κ1) is 20.1. The molecule has 1 aromatic heterocycles. The molecule has 0 atom stereocenters. The van der Waals surface area contributed by atoms with Crippen molar-refractivity contribution in [2.75, 3.05) is 26.0 Å². The number of pyridine rings is 1. The highest BCUT2D eigenvalue weighted by atomic mass is 16.5. The lowest BCUT2D eigenvalue weighted by Gasteiger charge is -2.17. The number of aromatic nitrogens is 1. The summed E-state index contributed by atoms with van der Waals surface area (Å²) in [6.07, 6.45) is 4.24. The van der Waals surface area contributed by atoms with Crippen molar-refractivity contribution in [3.63, 3.8) is 0 Å². The van der Waals surface area contributed by atoms with Crippen LogP contribution in [0.2, 0.25) is 0 Å². The Morgan fingerprint density at radius 1 is 1.00 bits per heavy atom. The fourth-order valence-electron chi connectivity index (χ4n) is 2.84. The topological polar surface area (TPSA) is 71.5 Å². The molecular formula is C23H23N3O3. The number of hydrogen-bond acceptors (Lipinski definition) is 4. The Kier molecular flexibility index (Phi) is 6.58. The molecule has 1 heterocycles. The highest BCUT2D eigenvalue weighted by Crippen LogP contribution is 2.18. The number of carbonyl (C=O) groups is 2. The van der Waals surface area contributed by atoms with Crippen LogP contribution in [-0.2, 0) is 6.42 Å². The second-order valence-electron chi connectivity index (χ2n) is 6.60. The van der Waals surface area contributed by atoms with E-state index in [1.54, 1.807) is 80.0 Å². The van der Waals surface area contributed by atoms with Gasteiger partial charge in [-0.2, -0.15) is 0 Å². The summed E-state index contributed by atoms with van der Waals surface area (Å²) in [6, 6.07) is 17.7. The van der Waals surface area contributed by atoms with E-state index < -0.39 is 0 Å². The van der Waals surface area contributed by atoms with E-state index in [2.05, 4.69) is 10.3 Å². The fraction of sp³-hybridized carbons (Fsp3) is 0.174. The maximum absolute atomic E-state index is 12.6. The first-order valence-electron chi connectivity index (χ1n) is 9.26. The molecule has 0 aliphatic rings. The zero-order valence-electron chi connectivity index (χ0n) is 16.5. The summed E-state index contributed by atoms with van der Waals surface area (Å²) in [4.78, 5) is 30.7. The van der Waals surface area contributed by atoms with Gasteiger partial charge >= 0.3 is 0 Å². The number of nitrogens with zero attached hydrogens (tertiary/aromatic N) is 2. The molecule has 1 N–H and O–H groups in total. The molecular weight excluding hydrogens is 366 g/mol.